The Morgan fingerprint density at radius 1 is 1.50 bits per heavy atom. The van der Waals surface area contributed by atoms with Crippen molar-refractivity contribution in [2.45, 2.75) is 32.2 Å². The molecular formula is C11H18N2O. The molecule has 0 saturated carbocycles. The fourth-order valence-electron chi connectivity index (χ4n) is 1.85. The smallest absolute Gasteiger partial charge is 0.193 e. The van der Waals surface area contributed by atoms with E-state index in [0.717, 1.165) is 24.7 Å². The minimum atomic E-state index is 0.606. The van der Waals surface area contributed by atoms with Crippen LogP contribution in [-0.2, 0) is 0 Å². The molecule has 2 rings (SSSR count). The van der Waals surface area contributed by atoms with E-state index < -0.39 is 0 Å². The second-order valence-corrected chi connectivity index (χ2v) is 3.94. The first kappa shape index (κ1) is 9.59. The lowest BCUT2D eigenvalue weighted by Gasteiger charge is -2.23. The molecule has 2 heterocycles. The third kappa shape index (κ3) is 2.51. The SMILES string of the molecule is Cc1ccc(NCC2CCCCN2)o1. The number of nitrogens with one attached hydrogen (secondary N) is 2. The zero-order valence-electron chi connectivity index (χ0n) is 8.68. The Morgan fingerprint density at radius 3 is 3.07 bits per heavy atom. The predicted molar refractivity (Wildman–Crippen MR) is 57.6 cm³/mol. The van der Waals surface area contributed by atoms with Gasteiger partial charge in [0.2, 0.25) is 0 Å². The molecule has 1 fully saturated rings. The lowest BCUT2D eigenvalue weighted by atomic mass is 10.1. The molecular weight excluding hydrogens is 176 g/mol. The monoisotopic (exact) mass is 194 g/mol. The summed E-state index contributed by atoms with van der Waals surface area (Å²) in [4.78, 5) is 0. The fourth-order valence-corrected chi connectivity index (χ4v) is 1.85. The number of aryl methyl sites for hydroxylation is 1. The third-order valence-electron chi connectivity index (χ3n) is 2.68. The van der Waals surface area contributed by atoms with Gasteiger partial charge < -0.3 is 15.1 Å². The van der Waals surface area contributed by atoms with Crippen LogP contribution in [0.4, 0.5) is 5.88 Å². The van der Waals surface area contributed by atoms with Gasteiger partial charge in [-0.3, -0.25) is 0 Å². The number of hydrogen-bond acceptors (Lipinski definition) is 3. The Balaban J connectivity index is 1.76. The molecule has 0 amide bonds. The van der Waals surface area contributed by atoms with Crippen molar-refractivity contribution in [3.05, 3.63) is 17.9 Å². The van der Waals surface area contributed by atoms with Crippen LogP contribution >= 0.6 is 0 Å². The highest BCUT2D eigenvalue weighted by molar-refractivity contribution is 5.32. The van der Waals surface area contributed by atoms with Gasteiger partial charge in [0.15, 0.2) is 5.88 Å². The minimum absolute atomic E-state index is 0.606. The number of furan rings is 1. The van der Waals surface area contributed by atoms with E-state index in [4.69, 9.17) is 4.42 Å². The average molecular weight is 194 g/mol. The molecule has 3 nitrogen and oxygen atoms in total. The molecule has 0 radical (unpaired) electrons. The van der Waals surface area contributed by atoms with Crippen LogP contribution in [0.25, 0.3) is 0 Å². The van der Waals surface area contributed by atoms with E-state index in [0.29, 0.717) is 6.04 Å². The number of rotatable bonds is 3. The van der Waals surface area contributed by atoms with Gasteiger partial charge in [0.05, 0.1) is 0 Å². The highest BCUT2D eigenvalue weighted by atomic mass is 16.4. The summed E-state index contributed by atoms with van der Waals surface area (Å²) in [6, 6.07) is 4.57. The lowest BCUT2D eigenvalue weighted by Crippen LogP contribution is -2.39. The first-order valence-electron chi connectivity index (χ1n) is 5.38. The molecule has 1 saturated heterocycles. The number of hydrogen-bond donors (Lipinski definition) is 2. The third-order valence-corrected chi connectivity index (χ3v) is 2.68. The van der Waals surface area contributed by atoms with Gasteiger partial charge in [-0.15, -0.1) is 0 Å². The van der Waals surface area contributed by atoms with Gasteiger partial charge in [0.25, 0.3) is 0 Å². The van der Waals surface area contributed by atoms with Crippen molar-refractivity contribution >= 4 is 5.88 Å². The van der Waals surface area contributed by atoms with Gasteiger partial charge in [0, 0.05) is 18.7 Å². The molecule has 78 valence electrons. The van der Waals surface area contributed by atoms with Crippen LogP contribution in [-0.4, -0.2) is 19.1 Å². The molecule has 0 aliphatic carbocycles. The van der Waals surface area contributed by atoms with Gasteiger partial charge in [0.1, 0.15) is 5.76 Å². The summed E-state index contributed by atoms with van der Waals surface area (Å²) in [5.74, 6) is 1.85. The largest absolute Gasteiger partial charge is 0.446 e. The van der Waals surface area contributed by atoms with Crippen LogP contribution in [0, 0.1) is 6.92 Å². The quantitative estimate of drug-likeness (QED) is 0.774. The van der Waals surface area contributed by atoms with E-state index in [1.165, 1.54) is 19.3 Å². The highest BCUT2D eigenvalue weighted by Crippen LogP contribution is 2.13. The normalized spacial score (nSPS) is 22.2. The van der Waals surface area contributed by atoms with Crippen molar-refractivity contribution < 1.29 is 4.42 Å². The second-order valence-electron chi connectivity index (χ2n) is 3.94. The summed E-state index contributed by atoms with van der Waals surface area (Å²) in [7, 11) is 0. The standard InChI is InChI=1S/C11H18N2O/c1-9-5-6-11(14-9)13-8-10-4-2-3-7-12-10/h5-6,10,12-13H,2-4,7-8H2,1H3. The molecule has 1 aliphatic heterocycles. The Morgan fingerprint density at radius 2 is 2.43 bits per heavy atom. The maximum atomic E-state index is 5.44. The number of anilines is 1. The maximum absolute atomic E-state index is 5.44. The molecule has 0 bridgehead atoms. The molecule has 1 atom stereocenters. The van der Waals surface area contributed by atoms with Gasteiger partial charge in [-0.05, 0) is 32.4 Å². The van der Waals surface area contributed by atoms with E-state index in [1.807, 2.05) is 19.1 Å². The van der Waals surface area contributed by atoms with Crippen LogP contribution < -0.4 is 10.6 Å². The van der Waals surface area contributed by atoms with E-state index in [-0.39, 0.29) is 0 Å². The first-order valence-corrected chi connectivity index (χ1v) is 5.38. The molecule has 1 aromatic rings. The van der Waals surface area contributed by atoms with Gasteiger partial charge >= 0.3 is 0 Å². The predicted octanol–water partition coefficient (Wildman–Crippen LogP) is 2.14. The summed E-state index contributed by atoms with van der Waals surface area (Å²) in [5, 5.41) is 6.80. The van der Waals surface area contributed by atoms with Crippen molar-refractivity contribution in [2.75, 3.05) is 18.4 Å². The van der Waals surface area contributed by atoms with Gasteiger partial charge in [-0.2, -0.15) is 0 Å². The van der Waals surface area contributed by atoms with Crippen LogP contribution in [0.5, 0.6) is 0 Å². The molecule has 0 spiro atoms. The summed E-state index contributed by atoms with van der Waals surface area (Å²) in [6.45, 7) is 4.08. The zero-order chi connectivity index (χ0) is 9.80. The molecule has 1 unspecified atom stereocenters. The van der Waals surface area contributed by atoms with Crippen LogP contribution in [0.1, 0.15) is 25.0 Å². The molecule has 1 aliphatic rings. The molecule has 3 heteroatoms. The molecule has 1 aromatic heterocycles. The topological polar surface area (TPSA) is 37.2 Å². The van der Waals surface area contributed by atoms with Crippen molar-refractivity contribution in [3.63, 3.8) is 0 Å². The Labute approximate surface area is 84.9 Å². The minimum Gasteiger partial charge on any atom is -0.446 e. The van der Waals surface area contributed by atoms with Crippen molar-refractivity contribution in [1.82, 2.24) is 5.32 Å². The van der Waals surface area contributed by atoms with Gasteiger partial charge in [-0.1, -0.05) is 6.42 Å². The summed E-state index contributed by atoms with van der Waals surface area (Å²) in [6.07, 6.45) is 3.93. The van der Waals surface area contributed by atoms with Crippen LogP contribution in [0.3, 0.4) is 0 Å². The molecule has 14 heavy (non-hydrogen) atoms. The average Bonchev–Trinajstić information content (AvgIpc) is 2.63. The second kappa shape index (κ2) is 4.51. The first-order chi connectivity index (χ1) is 6.84. The zero-order valence-corrected chi connectivity index (χ0v) is 8.68. The Bertz CT molecular complexity index is 277. The van der Waals surface area contributed by atoms with Crippen molar-refractivity contribution in [3.8, 4) is 0 Å². The molecule has 2 N–H and O–H groups in total. The van der Waals surface area contributed by atoms with E-state index in [2.05, 4.69) is 10.6 Å². The van der Waals surface area contributed by atoms with Crippen molar-refractivity contribution in [2.24, 2.45) is 0 Å². The summed E-state index contributed by atoms with van der Waals surface area (Å²) < 4.78 is 5.44. The molecule has 0 aromatic carbocycles. The Hall–Kier alpha value is -0.960. The van der Waals surface area contributed by atoms with Crippen LogP contribution in [0.15, 0.2) is 16.5 Å². The maximum Gasteiger partial charge on any atom is 0.193 e. The van der Waals surface area contributed by atoms with E-state index >= 15 is 0 Å². The highest BCUT2D eigenvalue weighted by Gasteiger charge is 2.12. The summed E-state index contributed by atoms with van der Waals surface area (Å²) in [5.41, 5.74) is 0. The van der Waals surface area contributed by atoms with E-state index in [1.54, 1.807) is 0 Å². The van der Waals surface area contributed by atoms with Gasteiger partial charge in [-0.25, -0.2) is 0 Å². The van der Waals surface area contributed by atoms with Crippen molar-refractivity contribution in [1.29, 1.82) is 0 Å². The summed E-state index contributed by atoms with van der Waals surface area (Å²) >= 11 is 0. The van der Waals surface area contributed by atoms with Crippen LogP contribution in [0.2, 0.25) is 0 Å². The lowest BCUT2D eigenvalue weighted by molar-refractivity contribution is 0.411. The fraction of sp³-hybridized carbons (Fsp3) is 0.636. The Kier molecular flexibility index (Phi) is 3.09. The van der Waals surface area contributed by atoms with E-state index in [9.17, 15) is 0 Å². The number of piperidine rings is 1.